The molecule has 0 bridgehead atoms. The molecule has 0 saturated carbocycles. The SMILES string of the molecule is NC(=O)c1cccc(C(N)=O)c1-c1ccc(F)c(F)c1. The van der Waals surface area contributed by atoms with Gasteiger partial charge in [0.1, 0.15) is 0 Å². The molecule has 2 aromatic rings. The molecule has 6 heteroatoms. The van der Waals surface area contributed by atoms with Gasteiger partial charge in [-0.05, 0) is 29.8 Å². The Morgan fingerprint density at radius 2 is 1.40 bits per heavy atom. The Kier molecular flexibility index (Phi) is 3.47. The molecule has 4 nitrogen and oxygen atoms in total. The normalized spacial score (nSPS) is 10.3. The second kappa shape index (κ2) is 5.08. The van der Waals surface area contributed by atoms with Gasteiger partial charge in [-0.25, -0.2) is 8.78 Å². The first-order valence-corrected chi connectivity index (χ1v) is 5.60. The summed E-state index contributed by atoms with van der Waals surface area (Å²) in [5.41, 5.74) is 10.7. The maximum absolute atomic E-state index is 13.3. The Morgan fingerprint density at radius 3 is 1.85 bits per heavy atom. The summed E-state index contributed by atoms with van der Waals surface area (Å²) in [7, 11) is 0. The summed E-state index contributed by atoms with van der Waals surface area (Å²) in [6, 6.07) is 7.21. The van der Waals surface area contributed by atoms with Crippen LogP contribution in [0.3, 0.4) is 0 Å². The molecule has 0 atom stereocenters. The number of amides is 2. The van der Waals surface area contributed by atoms with E-state index in [0.717, 1.165) is 12.1 Å². The fraction of sp³-hybridized carbons (Fsp3) is 0. The van der Waals surface area contributed by atoms with E-state index in [-0.39, 0.29) is 22.3 Å². The molecule has 0 radical (unpaired) electrons. The summed E-state index contributed by atoms with van der Waals surface area (Å²) in [4.78, 5) is 22.8. The van der Waals surface area contributed by atoms with Gasteiger partial charge in [0.25, 0.3) is 0 Å². The first kappa shape index (κ1) is 13.7. The molecule has 0 aliphatic rings. The van der Waals surface area contributed by atoms with Crippen LogP contribution in [0.15, 0.2) is 36.4 Å². The molecule has 0 aromatic heterocycles. The van der Waals surface area contributed by atoms with E-state index >= 15 is 0 Å². The van der Waals surface area contributed by atoms with Crippen molar-refractivity contribution >= 4 is 11.8 Å². The van der Waals surface area contributed by atoms with Gasteiger partial charge in [-0.3, -0.25) is 9.59 Å². The van der Waals surface area contributed by atoms with Crippen LogP contribution in [0.2, 0.25) is 0 Å². The highest BCUT2D eigenvalue weighted by Gasteiger charge is 2.18. The van der Waals surface area contributed by atoms with Gasteiger partial charge in [0, 0.05) is 16.7 Å². The molecular weight excluding hydrogens is 266 g/mol. The second-order valence-electron chi connectivity index (χ2n) is 4.09. The van der Waals surface area contributed by atoms with Crippen molar-refractivity contribution in [1.29, 1.82) is 0 Å². The molecule has 2 aromatic carbocycles. The van der Waals surface area contributed by atoms with E-state index in [1.54, 1.807) is 0 Å². The minimum absolute atomic E-state index is 0.00677. The molecule has 0 heterocycles. The molecule has 0 aliphatic heterocycles. The molecule has 0 aliphatic carbocycles. The van der Waals surface area contributed by atoms with Crippen LogP contribution >= 0.6 is 0 Å². The highest BCUT2D eigenvalue weighted by molar-refractivity contribution is 6.08. The van der Waals surface area contributed by atoms with E-state index in [4.69, 9.17) is 11.5 Å². The van der Waals surface area contributed by atoms with Crippen LogP contribution in [-0.2, 0) is 0 Å². The van der Waals surface area contributed by atoms with Gasteiger partial charge in [-0.1, -0.05) is 12.1 Å². The molecule has 0 spiro atoms. The number of carbonyl (C=O) groups excluding carboxylic acids is 2. The summed E-state index contributed by atoms with van der Waals surface area (Å²) in [5.74, 6) is -3.73. The van der Waals surface area contributed by atoms with Crippen LogP contribution in [0.1, 0.15) is 20.7 Å². The molecule has 102 valence electrons. The largest absolute Gasteiger partial charge is 0.366 e. The van der Waals surface area contributed by atoms with Crippen molar-refractivity contribution in [2.45, 2.75) is 0 Å². The average Bonchev–Trinajstić information content (AvgIpc) is 2.41. The third kappa shape index (κ3) is 2.35. The first-order chi connectivity index (χ1) is 9.41. The van der Waals surface area contributed by atoms with Crippen LogP contribution in [0.5, 0.6) is 0 Å². The van der Waals surface area contributed by atoms with Crippen LogP contribution in [-0.4, -0.2) is 11.8 Å². The summed E-state index contributed by atoms with van der Waals surface area (Å²) in [6.45, 7) is 0. The molecule has 20 heavy (non-hydrogen) atoms. The number of rotatable bonds is 3. The number of hydrogen-bond donors (Lipinski definition) is 2. The third-order valence-corrected chi connectivity index (χ3v) is 2.80. The van der Waals surface area contributed by atoms with Crippen molar-refractivity contribution in [3.05, 3.63) is 59.2 Å². The van der Waals surface area contributed by atoms with Gasteiger partial charge in [-0.15, -0.1) is 0 Å². The van der Waals surface area contributed by atoms with Gasteiger partial charge < -0.3 is 11.5 Å². The lowest BCUT2D eigenvalue weighted by atomic mass is 9.93. The van der Waals surface area contributed by atoms with E-state index in [2.05, 4.69) is 0 Å². The van der Waals surface area contributed by atoms with Crippen molar-refractivity contribution in [2.24, 2.45) is 11.5 Å². The minimum atomic E-state index is -1.10. The van der Waals surface area contributed by atoms with Crippen molar-refractivity contribution in [1.82, 2.24) is 0 Å². The van der Waals surface area contributed by atoms with Crippen LogP contribution in [0, 0.1) is 11.6 Å². The highest BCUT2D eigenvalue weighted by atomic mass is 19.2. The molecule has 0 fully saturated rings. The number of primary amides is 2. The van der Waals surface area contributed by atoms with Crippen molar-refractivity contribution in [3.63, 3.8) is 0 Å². The zero-order chi connectivity index (χ0) is 14.9. The summed E-state index contributed by atoms with van der Waals surface area (Å²) < 4.78 is 26.3. The fourth-order valence-corrected chi connectivity index (χ4v) is 1.93. The Hall–Kier alpha value is -2.76. The fourth-order valence-electron chi connectivity index (χ4n) is 1.93. The van der Waals surface area contributed by atoms with Gasteiger partial charge >= 0.3 is 0 Å². The smallest absolute Gasteiger partial charge is 0.249 e. The molecule has 2 amide bonds. The topological polar surface area (TPSA) is 86.2 Å². The predicted octanol–water partition coefficient (Wildman–Crippen LogP) is 1.83. The second-order valence-corrected chi connectivity index (χ2v) is 4.09. The lowest BCUT2D eigenvalue weighted by Gasteiger charge is -2.11. The van der Waals surface area contributed by atoms with Crippen molar-refractivity contribution in [2.75, 3.05) is 0 Å². The number of nitrogens with two attached hydrogens (primary N) is 2. The van der Waals surface area contributed by atoms with E-state index < -0.39 is 23.4 Å². The van der Waals surface area contributed by atoms with E-state index in [9.17, 15) is 18.4 Å². The number of halogens is 2. The summed E-state index contributed by atoms with van der Waals surface area (Å²) in [6.07, 6.45) is 0. The molecule has 2 rings (SSSR count). The first-order valence-electron chi connectivity index (χ1n) is 5.60. The van der Waals surface area contributed by atoms with Crippen molar-refractivity contribution < 1.29 is 18.4 Å². The molecule has 0 saturated heterocycles. The zero-order valence-corrected chi connectivity index (χ0v) is 10.2. The van der Waals surface area contributed by atoms with E-state index in [0.29, 0.717) is 0 Å². The molecule has 4 N–H and O–H groups in total. The Morgan fingerprint density at radius 1 is 0.850 bits per heavy atom. The van der Waals surface area contributed by atoms with Gasteiger partial charge in [0.05, 0.1) is 0 Å². The average molecular weight is 276 g/mol. The number of benzene rings is 2. The van der Waals surface area contributed by atoms with E-state index in [1.165, 1.54) is 24.3 Å². The molecular formula is C14H10F2N2O2. The highest BCUT2D eigenvalue weighted by Crippen LogP contribution is 2.28. The van der Waals surface area contributed by atoms with Gasteiger partial charge in [-0.2, -0.15) is 0 Å². The monoisotopic (exact) mass is 276 g/mol. The summed E-state index contributed by atoms with van der Waals surface area (Å²) in [5, 5.41) is 0. The van der Waals surface area contributed by atoms with Crippen LogP contribution in [0.25, 0.3) is 11.1 Å². The van der Waals surface area contributed by atoms with Crippen molar-refractivity contribution in [3.8, 4) is 11.1 Å². The quantitative estimate of drug-likeness (QED) is 0.896. The van der Waals surface area contributed by atoms with E-state index in [1.807, 2.05) is 0 Å². The summed E-state index contributed by atoms with van der Waals surface area (Å²) >= 11 is 0. The Bertz CT molecular complexity index is 682. The van der Waals surface area contributed by atoms with Crippen LogP contribution < -0.4 is 11.5 Å². The maximum Gasteiger partial charge on any atom is 0.249 e. The number of hydrogen-bond acceptors (Lipinski definition) is 2. The third-order valence-electron chi connectivity index (χ3n) is 2.80. The minimum Gasteiger partial charge on any atom is -0.366 e. The van der Waals surface area contributed by atoms with Crippen LogP contribution in [0.4, 0.5) is 8.78 Å². The molecule has 0 unspecified atom stereocenters. The Labute approximate surface area is 113 Å². The van der Waals surface area contributed by atoms with Gasteiger partial charge in [0.2, 0.25) is 11.8 Å². The maximum atomic E-state index is 13.3. The lowest BCUT2D eigenvalue weighted by molar-refractivity contribution is 0.0999. The standard InChI is InChI=1S/C14H10F2N2O2/c15-10-5-4-7(6-11(10)16)12-8(13(17)19)2-1-3-9(12)14(18)20/h1-6H,(H2,17,19)(H2,18,20). The van der Waals surface area contributed by atoms with Gasteiger partial charge in [0.15, 0.2) is 11.6 Å². The zero-order valence-electron chi connectivity index (χ0n) is 10.2. The number of carbonyl (C=O) groups is 2. The lowest BCUT2D eigenvalue weighted by Crippen LogP contribution is -2.18. The predicted molar refractivity (Wildman–Crippen MR) is 68.8 cm³/mol. The Balaban J connectivity index is 2.79.